The first-order valence-corrected chi connectivity index (χ1v) is 7.67. The molecule has 0 aromatic heterocycles. The van der Waals surface area contributed by atoms with Gasteiger partial charge in [0.05, 0.1) is 0 Å². The second-order valence-corrected chi connectivity index (χ2v) is 4.94. The molecule has 3 heteroatoms. The quantitative estimate of drug-likeness (QED) is 0.576. The first kappa shape index (κ1) is 17.4. The molecule has 0 aliphatic heterocycles. The second-order valence-electron chi connectivity index (χ2n) is 4.94. The van der Waals surface area contributed by atoms with Crippen LogP contribution in [0.5, 0.6) is 0 Å². The van der Waals surface area contributed by atoms with E-state index in [-0.39, 0.29) is 5.91 Å². The molecule has 18 heavy (non-hydrogen) atoms. The molecule has 3 nitrogen and oxygen atoms in total. The van der Waals surface area contributed by atoms with Gasteiger partial charge in [-0.15, -0.1) is 0 Å². The van der Waals surface area contributed by atoms with E-state index >= 15 is 0 Å². The summed E-state index contributed by atoms with van der Waals surface area (Å²) in [6.45, 7) is 12.1. The van der Waals surface area contributed by atoms with Gasteiger partial charge in [0, 0.05) is 26.1 Å². The molecule has 1 atom stereocenters. The van der Waals surface area contributed by atoms with Crippen LogP contribution < -0.4 is 5.32 Å². The van der Waals surface area contributed by atoms with Crippen molar-refractivity contribution in [3.63, 3.8) is 0 Å². The van der Waals surface area contributed by atoms with E-state index in [9.17, 15) is 4.79 Å². The summed E-state index contributed by atoms with van der Waals surface area (Å²) in [6.07, 6.45) is 5.77. The lowest BCUT2D eigenvalue weighted by atomic mass is 9.99. The van der Waals surface area contributed by atoms with Gasteiger partial charge in [-0.1, -0.05) is 33.1 Å². The first-order valence-electron chi connectivity index (χ1n) is 7.67. The van der Waals surface area contributed by atoms with Crippen LogP contribution in [0.4, 0.5) is 0 Å². The van der Waals surface area contributed by atoms with Crippen LogP contribution in [0.25, 0.3) is 0 Å². The molecule has 108 valence electrons. The van der Waals surface area contributed by atoms with Crippen LogP contribution in [0.2, 0.25) is 0 Å². The highest BCUT2D eigenvalue weighted by atomic mass is 16.2. The standard InChI is InChI=1S/C15H32N2O/c1-5-9-10-14(6-2)13-16-12-11-15(18)17(7-3)8-4/h14,16H,5-13H2,1-4H3. The fraction of sp³-hybridized carbons (Fsp3) is 0.933. The maximum Gasteiger partial charge on any atom is 0.223 e. The van der Waals surface area contributed by atoms with E-state index in [1.54, 1.807) is 0 Å². The molecule has 0 aromatic rings. The fourth-order valence-corrected chi connectivity index (χ4v) is 2.18. The average Bonchev–Trinajstić information content (AvgIpc) is 2.39. The number of nitrogens with one attached hydrogen (secondary N) is 1. The molecule has 1 amide bonds. The monoisotopic (exact) mass is 256 g/mol. The lowest BCUT2D eigenvalue weighted by molar-refractivity contribution is -0.130. The van der Waals surface area contributed by atoms with Gasteiger partial charge in [0.15, 0.2) is 0 Å². The van der Waals surface area contributed by atoms with Crippen LogP contribution in [0.3, 0.4) is 0 Å². The van der Waals surface area contributed by atoms with Gasteiger partial charge in [-0.2, -0.15) is 0 Å². The van der Waals surface area contributed by atoms with Gasteiger partial charge >= 0.3 is 0 Å². The van der Waals surface area contributed by atoms with Crippen molar-refractivity contribution in [2.75, 3.05) is 26.2 Å². The summed E-state index contributed by atoms with van der Waals surface area (Å²) in [4.78, 5) is 13.7. The van der Waals surface area contributed by atoms with E-state index in [4.69, 9.17) is 0 Å². The zero-order chi connectivity index (χ0) is 13.8. The maximum absolute atomic E-state index is 11.8. The summed E-state index contributed by atoms with van der Waals surface area (Å²) in [5.41, 5.74) is 0. The Balaban J connectivity index is 3.67. The Morgan fingerprint density at radius 2 is 1.83 bits per heavy atom. The second kappa shape index (κ2) is 11.5. The predicted molar refractivity (Wildman–Crippen MR) is 78.7 cm³/mol. The minimum Gasteiger partial charge on any atom is -0.343 e. The smallest absolute Gasteiger partial charge is 0.223 e. The molecular weight excluding hydrogens is 224 g/mol. The van der Waals surface area contributed by atoms with Crippen molar-refractivity contribution in [3.05, 3.63) is 0 Å². The van der Waals surface area contributed by atoms with Gasteiger partial charge in [0.1, 0.15) is 0 Å². The maximum atomic E-state index is 11.8. The molecule has 1 unspecified atom stereocenters. The van der Waals surface area contributed by atoms with Crippen LogP contribution in [0.15, 0.2) is 0 Å². The van der Waals surface area contributed by atoms with Crippen LogP contribution in [-0.2, 0) is 4.79 Å². The van der Waals surface area contributed by atoms with Gasteiger partial charge in [0.2, 0.25) is 5.91 Å². The molecule has 0 aromatic carbocycles. The highest BCUT2D eigenvalue weighted by Crippen LogP contribution is 2.11. The van der Waals surface area contributed by atoms with Crippen molar-refractivity contribution in [3.8, 4) is 0 Å². The lowest BCUT2D eigenvalue weighted by Crippen LogP contribution is -2.33. The number of nitrogens with zero attached hydrogens (tertiary/aromatic N) is 1. The number of rotatable bonds is 11. The van der Waals surface area contributed by atoms with Crippen molar-refractivity contribution >= 4 is 5.91 Å². The first-order chi connectivity index (χ1) is 8.69. The summed E-state index contributed by atoms with van der Waals surface area (Å²) in [7, 11) is 0. The summed E-state index contributed by atoms with van der Waals surface area (Å²) < 4.78 is 0. The summed E-state index contributed by atoms with van der Waals surface area (Å²) in [6, 6.07) is 0. The van der Waals surface area contributed by atoms with Crippen LogP contribution in [0.1, 0.15) is 59.8 Å². The Labute approximate surface area is 113 Å². The van der Waals surface area contributed by atoms with Crippen LogP contribution >= 0.6 is 0 Å². The van der Waals surface area contributed by atoms with E-state index in [1.807, 2.05) is 18.7 Å². The Bertz CT molecular complexity index is 203. The minimum absolute atomic E-state index is 0.272. The third kappa shape index (κ3) is 7.70. The van der Waals surface area contributed by atoms with Crippen molar-refractivity contribution in [1.82, 2.24) is 10.2 Å². The third-order valence-corrected chi connectivity index (χ3v) is 3.61. The van der Waals surface area contributed by atoms with Crippen LogP contribution in [0, 0.1) is 5.92 Å². The van der Waals surface area contributed by atoms with Gasteiger partial charge < -0.3 is 10.2 Å². The molecule has 0 radical (unpaired) electrons. The lowest BCUT2D eigenvalue weighted by Gasteiger charge is -2.19. The van der Waals surface area contributed by atoms with E-state index in [1.165, 1.54) is 25.7 Å². The summed E-state index contributed by atoms with van der Waals surface area (Å²) in [5, 5.41) is 3.43. The zero-order valence-corrected chi connectivity index (χ0v) is 12.8. The number of carbonyl (C=O) groups is 1. The van der Waals surface area contributed by atoms with E-state index in [0.717, 1.165) is 32.1 Å². The zero-order valence-electron chi connectivity index (χ0n) is 12.8. The molecule has 1 N–H and O–H groups in total. The average molecular weight is 256 g/mol. The largest absolute Gasteiger partial charge is 0.343 e. The number of amides is 1. The van der Waals surface area contributed by atoms with E-state index in [2.05, 4.69) is 19.2 Å². The van der Waals surface area contributed by atoms with E-state index in [0.29, 0.717) is 6.42 Å². The highest BCUT2D eigenvalue weighted by molar-refractivity contribution is 5.76. The van der Waals surface area contributed by atoms with Gasteiger partial charge in [-0.05, 0) is 32.7 Å². The molecule has 0 rings (SSSR count). The number of carbonyl (C=O) groups excluding carboxylic acids is 1. The van der Waals surface area contributed by atoms with Gasteiger partial charge in [-0.3, -0.25) is 4.79 Å². The van der Waals surface area contributed by atoms with Crippen molar-refractivity contribution in [2.24, 2.45) is 5.92 Å². The number of hydrogen-bond acceptors (Lipinski definition) is 2. The Morgan fingerprint density at radius 3 is 2.33 bits per heavy atom. The van der Waals surface area contributed by atoms with Gasteiger partial charge in [-0.25, -0.2) is 0 Å². The van der Waals surface area contributed by atoms with Crippen molar-refractivity contribution < 1.29 is 4.79 Å². The Hall–Kier alpha value is -0.570. The van der Waals surface area contributed by atoms with Crippen molar-refractivity contribution in [1.29, 1.82) is 0 Å². The number of unbranched alkanes of at least 4 members (excludes halogenated alkanes) is 1. The molecule has 0 aliphatic rings. The molecule has 0 heterocycles. The van der Waals surface area contributed by atoms with Crippen molar-refractivity contribution in [2.45, 2.75) is 59.8 Å². The molecular formula is C15H32N2O. The summed E-state index contributed by atoms with van der Waals surface area (Å²) in [5.74, 6) is 1.04. The molecule has 0 fully saturated rings. The van der Waals surface area contributed by atoms with Crippen LogP contribution in [-0.4, -0.2) is 37.0 Å². The topological polar surface area (TPSA) is 32.3 Å². The van der Waals surface area contributed by atoms with Gasteiger partial charge in [0.25, 0.3) is 0 Å². The predicted octanol–water partition coefficient (Wildman–Crippen LogP) is 3.05. The number of hydrogen-bond donors (Lipinski definition) is 1. The Morgan fingerprint density at radius 1 is 1.17 bits per heavy atom. The SMILES string of the molecule is CCCCC(CC)CNCCC(=O)N(CC)CC. The third-order valence-electron chi connectivity index (χ3n) is 3.61. The highest BCUT2D eigenvalue weighted by Gasteiger charge is 2.09. The molecule has 0 bridgehead atoms. The molecule has 0 saturated heterocycles. The Kier molecular flexibility index (Phi) is 11.2. The summed E-state index contributed by atoms with van der Waals surface area (Å²) >= 11 is 0. The normalized spacial score (nSPS) is 12.4. The van der Waals surface area contributed by atoms with E-state index < -0.39 is 0 Å². The molecule has 0 spiro atoms. The fourth-order valence-electron chi connectivity index (χ4n) is 2.18. The molecule has 0 aliphatic carbocycles. The minimum atomic E-state index is 0.272. The molecule has 0 saturated carbocycles.